The van der Waals surface area contributed by atoms with Crippen LogP contribution in [-0.4, -0.2) is 4.92 Å². The minimum Gasteiger partial charge on any atom is -0.326 e. The maximum absolute atomic E-state index is 12.4. The Morgan fingerprint density at radius 3 is 2.38 bits per heavy atom. The molecule has 1 aromatic rings. The van der Waals surface area contributed by atoms with Crippen molar-refractivity contribution in [1.29, 1.82) is 0 Å². The van der Waals surface area contributed by atoms with E-state index in [1.54, 1.807) is 0 Å². The molecule has 0 aliphatic carbocycles. The lowest BCUT2D eigenvalue weighted by Gasteiger charge is -2.09. The van der Waals surface area contributed by atoms with E-state index in [4.69, 9.17) is 5.73 Å². The fourth-order valence-corrected chi connectivity index (χ4v) is 1.65. The Bertz CT molecular complexity index is 434. The summed E-state index contributed by atoms with van der Waals surface area (Å²) in [5, 5.41) is 10.5. The monoisotopic (exact) mass is 298 g/mol. The van der Waals surface area contributed by atoms with E-state index in [0.29, 0.717) is 6.07 Å². The lowest BCUT2D eigenvalue weighted by molar-refractivity contribution is -0.386. The number of nitro groups is 1. The van der Waals surface area contributed by atoms with Gasteiger partial charge in [0.05, 0.1) is 15.0 Å². The zero-order valence-electron chi connectivity index (χ0n) is 7.71. The molecule has 0 fully saturated rings. The smallest absolute Gasteiger partial charge is 0.326 e. The summed E-state index contributed by atoms with van der Waals surface area (Å²) in [5.41, 5.74) is 3.53. The summed E-state index contributed by atoms with van der Waals surface area (Å²) >= 11 is 2.85. The van der Waals surface area contributed by atoms with Crippen molar-refractivity contribution in [2.24, 2.45) is 5.73 Å². The second-order valence-electron chi connectivity index (χ2n) is 2.93. The number of rotatable bonds is 2. The van der Waals surface area contributed by atoms with Gasteiger partial charge in [0.1, 0.15) is 0 Å². The predicted octanol–water partition coefficient (Wildman–Crippen LogP) is 2.83. The van der Waals surface area contributed by atoms with E-state index < -0.39 is 22.4 Å². The average molecular weight is 299 g/mol. The molecule has 8 heteroatoms. The second-order valence-corrected chi connectivity index (χ2v) is 3.72. The van der Waals surface area contributed by atoms with E-state index in [9.17, 15) is 23.3 Å². The van der Waals surface area contributed by atoms with Gasteiger partial charge in [0.15, 0.2) is 0 Å². The van der Waals surface area contributed by atoms with Crippen molar-refractivity contribution < 1.29 is 18.1 Å². The van der Waals surface area contributed by atoms with E-state index in [0.717, 1.165) is 6.07 Å². The first kappa shape index (κ1) is 12.9. The second kappa shape index (κ2) is 4.38. The SMILES string of the molecule is NCc1cc(C(F)(F)F)cc([N+](=O)[O-])c1Br. The molecule has 0 radical (unpaired) electrons. The number of nitro benzene ring substituents is 1. The highest BCUT2D eigenvalue weighted by Crippen LogP contribution is 2.37. The van der Waals surface area contributed by atoms with Crippen LogP contribution in [0.3, 0.4) is 0 Å². The number of nitrogens with two attached hydrogens (primary N) is 1. The molecule has 1 aromatic carbocycles. The normalized spacial score (nSPS) is 11.6. The molecular formula is C8H6BrF3N2O2. The lowest BCUT2D eigenvalue weighted by Crippen LogP contribution is -2.09. The Labute approximate surface area is 96.5 Å². The number of nitrogens with zero attached hydrogens (tertiary/aromatic N) is 1. The molecule has 16 heavy (non-hydrogen) atoms. The van der Waals surface area contributed by atoms with Crippen molar-refractivity contribution in [1.82, 2.24) is 0 Å². The van der Waals surface area contributed by atoms with Gasteiger partial charge in [-0.15, -0.1) is 0 Å². The maximum atomic E-state index is 12.4. The third-order valence-corrected chi connectivity index (χ3v) is 2.79. The van der Waals surface area contributed by atoms with Crippen LogP contribution in [0.1, 0.15) is 11.1 Å². The van der Waals surface area contributed by atoms with Gasteiger partial charge < -0.3 is 5.73 Å². The summed E-state index contributed by atoms with van der Waals surface area (Å²) in [4.78, 5) is 9.65. The molecule has 0 aliphatic rings. The van der Waals surface area contributed by atoms with Gasteiger partial charge >= 0.3 is 6.18 Å². The Hall–Kier alpha value is -1.15. The highest BCUT2D eigenvalue weighted by Gasteiger charge is 2.33. The van der Waals surface area contributed by atoms with Gasteiger partial charge in [-0.3, -0.25) is 10.1 Å². The van der Waals surface area contributed by atoms with Crippen LogP contribution in [0.25, 0.3) is 0 Å². The van der Waals surface area contributed by atoms with Gasteiger partial charge in [-0.25, -0.2) is 0 Å². The van der Waals surface area contributed by atoms with Crippen molar-refractivity contribution >= 4 is 21.6 Å². The minimum atomic E-state index is -4.63. The molecule has 0 saturated carbocycles. The number of halogens is 4. The van der Waals surface area contributed by atoms with Crippen molar-refractivity contribution in [2.75, 3.05) is 0 Å². The minimum absolute atomic E-state index is 0.0204. The molecule has 1 rings (SSSR count). The van der Waals surface area contributed by atoms with E-state index in [2.05, 4.69) is 15.9 Å². The third kappa shape index (κ3) is 2.50. The van der Waals surface area contributed by atoms with E-state index >= 15 is 0 Å². The lowest BCUT2D eigenvalue weighted by atomic mass is 10.1. The quantitative estimate of drug-likeness (QED) is 0.674. The predicted molar refractivity (Wildman–Crippen MR) is 53.7 cm³/mol. The molecule has 0 bridgehead atoms. The molecule has 88 valence electrons. The third-order valence-electron chi connectivity index (χ3n) is 1.87. The number of alkyl halides is 3. The van der Waals surface area contributed by atoms with Crippen LogP contribution in [0.4, 0.5) is 18.9 Å². The Morgan fingerprint density at radius 2 is 2.00 bits per heavy atom. The van der Waals surface area contributed by atoms with Crippen molar-refractivity contribution in [3.8, 4) is 0 Å². The molecular weight excluding hydrogens is 293 g/mol. The fourth-order valence-electron chi connectivity index (χ4n) is 1.11. The fraction of sp³-hybridized carbons (Fsp3) is 0.250. The first-order chi connectivity index (χ1) is 7.27. The van der Waals surface area contributed by atoms with Crippen LogP contribution in [-0.2, 0) is 12.7 Å². The number of hydrogen-bond acceptors (Lipinski definition) is 3. The highest BCUT2D eigenvalue weighted by atomic mass is 79.9. The van der Waals surface area contributed by atoms with Crippen LogP contribution >= 0.6 is 15.9 Å². The molecule has 0 amide bonds. The molecule has 2 N–H and O–H groups in total. The van der Waals surface area contributed by atoms with Gasteiger partial charge in [0.2, 0.25) is 0 Å². The Balaban J connectivity index is 3.46. The highest BCUT2D eigenvalue weighted by molar-refractivity contribution is 9.10. The summed E-state index contributed by atoms with van der Waals surface area (Å²) in [6.07, 6.45) is -4.63. The van der Waals surface area contributed by atoms with E-state index in [-0.39, 0.29) is 16.6 Å². The van der Waals surface area contributed by atoms with Crippen LogP contribution in [0.5, 0.6) is 0 Å². The van der Waals surface area contributed by atoms with Crippen LogP contribution < -0.4 is 5.73 Å². The van der Waals surface area contributed by atoms with Crippen LogP contribution in [0.15, 0.2) is 16.6 Å². The van der Waals surface area contributed by atoms with Crippen LogP contribution in [0, 0.1) is 10.1 Å². The van der Waals surface area contributed by atoms with Crippen LogP contribution in [0.2, 0.25) is 0 Å². The molecule has 0 unspecified atom stereocenters. The summed E-state index contributed by atoms with van der Waals surface area (Å²) < 4.78 is 37.2. The molecule has 4 nitrogen and oxygen atoms in total. The first-order valence-corrected chi connectivity index (χ1v) is 4.80. The molecule has 0 heterocycles. The Kier molecular flexibility index (Phi) is 3.54. The van der Waals surface area contributed by atoms with Gasteiger partial charge in [0, 0.05) is 12.6 Å². The standard InChI is InChI=1S/C8H6BrF3N2O2/c9-7-4(3-13)1-5(8(10,11)12)2-6(7)14(15)16/h1-2H,3,13H2. The molecule has 0 saturated heterocycles. The van der Waals surface area contributed by atoms with Gasteiger partial charge in [-0.2, -0.15) is 13.2 Å². The number of benzene rings is 1. The first-order valence-electron chi connectivity index (χ1n) is 4.01. The van der Waals surface area contributed by atoms with Crippen molar-refractivity contribution in [2.45, 2.75) is 12.7 Å². The molecule has 0 spiro atoms. The molecule has 0 atom stereocenters. The summed E-state index contributed by atoms with van der Waals surface area (Å²) in [5.74, 6) is 0. The summed E-state index contributed by atoms with van der Waals surface area (Å²) in [7, 11) is 0. The van der Waals surface area contributed by atoms with Gasteiger partial charge in [0.25, 0.3) is 5.69 Å². The van der Waals surface area contributed by atoms with E-state index in [1.165, 1.54) is 0 Å². The number of hydrogen-bond donors (Lipinski definition) is 1. The zero-order chi connectivity index (χ0) is 12.5. The van der Waals surface area contributed by atoms with Gasteiger partial charge in [-0.05, 0) is 27.6 Å². The maximum Gasteiger partial charge on any atom is 0.416 e. The van der Waals surface area contributed by atoms with Crippen molar-refractivity contribution in [3.05, 3.63) is 37.8 Å². The summed E-state index contributed by atoms with van der Waals surface area (Å²) in [6.45, 7) is -0.217. The van der Waals surface area contributed by atoms with Crippen molar-refractivity contribution in [3.63, 3.8) is 0 Å². The van der Waals surface area contributed by atoms with E-state index in [1.807, 2.05) is 0 Å². The van der Waals surface area contributed by atoms with Gasteiger partial charge in [-0.1, -0.05) is 0 Å². The largest absolute Gasteiger partial charge is 0.416 e. The molecule has 0 aliphatic heterocycles. The Morgan fingerprint density at radius 1 is 1.44 bits per heavy atom. The summed E-state index contributed by atoms with van der Waals surface area (Å²) in [6, 6.07) is 1.26. The molecule has 0 aromatic heterocycles. The topological polar surface area (TPSA) is 69.2 Å². The zero-order valence-corrected chi connectivity index (χ0v) is 9.30. The average Bonchev–Trinajstić information content (AvgIpc) is 2.15.